The zero-order chi connectivity index (χ0) is 24.8. The number of carbonyl (C=O) groups excluding carboxylic acids is 1. The topological polar surface area (TPSA) is 131 Å². The van der Waals surface area contributed by atoms with Crippen molar-refractivity contribution in [1.29, 1.82) is 0 Å². The van der Waals surface area contributed by atoms with Gasteiger partial charge >= 0.3 is 12.1 Å². The molecule has 178 valence electrons. The van der Waals surface area contributed by atoms with Crippen LogP contribution in [0.2, 0.25) is 0 Å². The van der Waals surface area contributed by atoms with E-state index < -0.39 is 39.5 Å². The van der Waals surface area contributed by atoms with Crippen LogP contribution in [0.4, 0.5) is 18.9 Å². The lowest BCUT2D eigenvalue weighted by Gasteiger charge is -2.16. The van der Waals surface area contributed by atoms with Crippen LogP contribution >= 0.6 is 0 Å². The molecule has 2 rings (SSSR count). The Hall–Kier alpha value is -3.74. The monoisotopic (exact) mass is 488 g/mol. The second-order valence-corrected chi connectivity index (χ2v) is 8.06. The zero-order valence-electron chi connectivity index (χ0n) is 17.3. The van der Waals surface area contributed by atoms with E-state index in [1.807, 2.05) is 0 Å². The fraction of sp³-hybridized carbons (Fsp3) is 0.200. The number of methoxy groups -OCH3 is 2. The number of carbonyl (C=O) groups is 2. The van der Waals surface area contributed by atoms with E-state index >= 15 is 0 Å². The first kappa shape index (κ1) is 25.5. The van der Waals surface area contributed by atoms with Crippen LogP contribution < -0.4 is 19.5 Å². The molecule has 0 radical (unpaired) electrons. The molecule has 0 atom stereocenters. The molecule has 9 nitrogen and oxygen atoms in total. The molecule has 2 aromatic rings. The van der Waals surface area contributed by atoms with Gasteiger partial charge in [0.1, 0.15) is 11.4 Å². The Labute approximate surface area is 186 Å². The molecule has 0 aromatic heterocycles. The molecule has 0 aliphatic rings. The van der Waals surface area contributed by atoms with Gasteiger partial charge in [-0.2, -0.15) is 13.2 Å². The average molecular weight is 488 g/mol. The summed E-state index contributed by atoms with van der Waals surface area (Å²) in [5.41, 5.74) is -0.139. The second-order valence-electron chi connectivity index (χ2n) is 6.41. The van der Waals surface area contributed by atoms with E-state index in [-0.39, 0.29) is 28.3 Å². The lowest BCUT2D eigenvalue weighted by atomic mass is 10.2. The van der Waals surface area contributed by atoms with Gasteiger partial charge in [-0.05, 0) is 42.0 Å². The molecule has 0 fully saturated rings. The molecule has 0 heterocycles. The summed E-state index contributed by atoms with van der Waals surface area (Å²) in [4.78, 5) is 22.3. The zero-order valence-corrected chi connectivity index (χ0v) is 18.1. The summed E-state index contributed by atoms with van der Waals surface area (Å²) >= 11 is 0. The van der Waals surface area contributed by atoms with Gasteiger partial charge in [0.2, 0.25) is 0 Å². The van der Waals surface area contributed by atoms with Crippen LogP contribution in [-0.4, -0.2) is 52.3 Å². The Kier molecular flexibility index (Phi) is 7.93. The number of anilines is 1. The Morgan fingerprint density at radius 3 is 2.39 bits per heavy atom. The molecule has 13 heteroatoms. The molecule has 0 spiro atoms. The van der Waals surface area contributed by atoms with Gasteiger partial charge < -0.3 is 19.9 Å². The van der Waals surface area contributed by atoms with Crippen LogP contribution in [0.3, 0.4) is 0 Å². The number of benzene rings is 2. The van der Waals surface area contributed by atoms with Gasteiger partial charge in [0.05, 0.1) is 14.2 Å². The third kappa shape index (κ3) is 7.14. The number of ether oxygens (including phenoxy) is 2. The van der Waals surface area contributed by atoms with Gasteiger partial charge in [-0.1, -0.05) is 6.07 Å². The summed E-state index contributed by atoms with van der Waals surface area (Å²) in [5.74, 6) is -2.47. The van der Waals surface area contributed by atoms with Crippen molar-refractivity contribution in [2.24, 2.45) is 0 Å². The molecule has 33 heavy (non-hydrogen) atoms. The van der Waals surface area contributed by atoms with Crippen LogP contribution in [-0.2, 0) is 14.8 Å². The van der Waals surface area contributed by atoms with Crippen LogP contribution in [0.25, 0.3) is 6.08 Å². The summed E-state index contributed by atoms with van der Waals surface area (Å²) < 4.78 is 75.5. The predicted octanol–water partition coefficient (Wildman–Crippen LogP) is 2.89. The molecule has 0 bridgehead atoms. The highest BCUT2D eigenvalue weighted by molar-refractivity contribution is 7.92. The number of halogens is 3. The van der Waals surface area contributed by atoms with E-state index in [9.17, 15) is 31.2 Å². The number of amides is 1. The van der Waals surface area contributed by atoms with Crippen LogP contribution in [0.5, 0.6) is 11.5 Å². The maximum absolute atomic E-state index is 13.0. The Morgan fingerprint density at radius 1 is 1.12 bits per heavy atom. The lowest BCUT2D eigenvalue weighted by Crippen LogP contribution is -2.33. The molecule has 1 amide bonds. The minimum Gasteiger partial charge on any atom is -0.493 e. The number of hydrogen-bond donors (Lipinski definition) is 3. The maximum Gasteiger partial charge on any atom is 0.405 e. The van der Waals surface area contributed by atoms with E-state index in [4.69, 9.17) is 14.6 Å². The Morgan fingerprint density at radius 2 is 1.82 bits per heavy atom. The highest BCUT2D eigenvalue weighted by Gasteiger charge is 2.28. The third-order valence-corrected chi connectivity index (χ3v) is 5.39. The van der Waals surface area contributed by atoms with E-state index in [1.165, 1.54) is 38.5 Å². The summed E-state index contributed by atoms with van der Waals surface area (Å²) in [5, 5.41) is 10.5. The molecule has 0 aliphatic heterocycles. The summed E-state index contributed by atoms with van der Waals surface area (Å²) in [6.07, 6.45) is -2.66. The molecule has 0 saturated carbocycles. The molecule has 2 aromatic carbocycles. The third-order valence-electron chi connectivity index (χ3n) is 4.00. The van der Waals surface area contributed by atoms with Gasteiger partial charge in [0, 0.05) is 17.3 Å². The first-order valence-electron chi connectivity index (χ1n) is 9.01. The normalized spacial score (nSPS) is 11.8. The van der Waals surface area contributed by atoms with Crippen molar-refractivity contribution in [3.05, 3.63) is 53.6 Å². The predicted molar refractivity (Wildman–Crippen MR) is 112 cm³/mol. The summed E-state index contributed by atoms with van der Waals surface area (Å²) in [6.45, 7) is -1.55. The number of rotatable bonds is 9. The minimum absolute atomic E-state index is 0.00527. The van der Waals surface area contributed by atoms with Crippen LogP contribution in [0, 0.1) is 0 Å². The van der Waals surface area contributed by atoms with Crippen molar-refractivity contribution in [3.8, 4) is 11.5 Å². The highest BCUT2D eigenvalue weighted by atomic mass is 32.2. The van der Waals surface area contributed by atoms with E-state index in [0.717, 1.165) is 24.3 Å². The van der Waals surface area contributed by atoms with Crippen molar-refractivity contribution in [3.63, 3.8) is 0 Å². The number of nitrogens with one attached hydrogen (secondary N) is 2. The van der Waals surface area contributed by atoms with E-state index in [2.05, 4.69) is 4.72 Å². The highest BCUT2D eigenvalue weighted by Crippen LogP contribution is 2.37. The van der Waals surface area contributed by atoms with Gasteiger partial charge in [-0.3, -0.25) is 9.52 Å². The summed E-state index contributed by atoms with van der Waals surface area (Å²) in [7, 11) is -1.91. The largest absolute Gasteiger partial charge is 0.493 e. The molecule has 0 saturated heterocycles. The number of aliphatic carboxylic acids is 1. The first-order valence-corrected chi connectivity index (χ1v) is 10.5. The standard InChI is InChI=1S/C20H19F3N2O7S/c1-31-15-8-12(6-7-17(26)27)9-16(18(15)32-2)33(29,30)25-14-5-3-4-13(10-14)19(28)24-11-20(21,22)23/h3-10,25H,11H2,1-2H3,(H,24,28)(H,26,27)/b7-6+. The molecule has 0 unspecified atom stereocenters. The van der Waals surface area contributed by atoms with Crippen molar-refractivity contribution in [2.45, 2.75) is 11.1 Å². The van der Waals surface area contributed by atoms with Gasteiger partial charge in [-0.25, -0.2) is 13.2 Å². The van der Waals surface area contributed by atoms with Crippen molar-refractivity contribution < 1.29 is 45.8 Å². The summed E-state index contributed by atoms with van der Waals surface area (Å²) in [6, 6.07) is 7.34. The number of alkyl halides is 3. The molecule has 3 N–H and O–H groups in total. The number of carboxylic acids is 1. The van der Waals surface area contributed by atoms with E-state index in [1.54, 1.807) is 5.32 Å². The Balaban J connectivity index is 2.42. The van der Waals surface area contributed by atoms with Crippen LogP contribution in [0.1, 0.15) is 15.9 Å². The molecular weight excluding hydrogens is 469 g/mol. The fourth-order valence-corrected chi connectivity index (χ4v) is 3.90. The first-order chi connectivity index (χ1) is 15.4. The molecule has 0 aliphatic carbocycles. The smallest absolute Gasteiger partial charge is 0.405 e. The van der Waals surface area contributed by atoms with E-state index in [0.29, 0.717) is 0 Å². The second kappa shape index (κ2) is 10.3. The fourth-order valence-electron chi connectivity index (χ4n) is 2.63. The maximum atomic E-state index is 13.0. The lowest BCUT2D eigenvalue weighted by molar-refractivity contribution is -0.131. The van der Waals surface area contributed by atoms with Gasteiger partial charge in [0.15, 0.2) is 11.5 Å². The quantitative estimate of drug-likeness (QED) is 0.463. The average Bonchev–Trinajstić information content (AvgIpc) is 2.74. The molecular formula is C20H19F3N2O7S. The Bertz CT molecular complexity index is 1180. The SMILES string of the molecule is COc1cc(/C=C/C(=O)O)cc(S(=O)(=O)Nc2cccc(C(=O)NCC(F)(F)F)c2)c1OC. The number of carboxylic acid groups (broad SMARTS) is 1. The van der Waals surface area contributed by atoms with Crippen LogP contribution in [0.15, 0.2) is 47.4 Å². The number of sulfonamides is 1. The minimum atomic E-state index is -4.61. The van der Waals surface area contributed by atoms with Gasteiger partial charge in [-0.15, -0.1) is 0 Å². The number of hydrogen-bond acceptors (Lipinski definition) is 6. The van der Waals surface area contributed by atoms with Crippen molar-refractivity contribution in [1.82, 2.24) is 5.32 Å². The van der Waals surface area contributed by atoms with Gasteiger partial charge in [0.25, 0.3) is 15.9 Å². The van der Waals surface area contributed by atoms with Crippen molar-refractivity contribution in [2.75, 3.05) is 25.5 Å². The van der Waals surface area contributed by atoms with Crippen molar-refractivity contribution >= 4 is 33.7 Å².